The fourth-order valence-corrected chi connectivity index (χ4v) is 8.21. The summed E-state index contributed by atoms with van der Waals surface area (Å²) < 4.78 is 34.2. The molecule has 0 aliphatic heterocycles. The molecule has 0 saturated heterocycles. The van der Waals surface area contributed by atoms with Crippen LogP contribution in [0.5, 0.6) is 0 Å². The van der Waals surface area contributed by atoms with E-state index in [0.29, 0.717) is 13.0 Å². The lowest BCUT2D eigenvalue weighted by atomic mass is 9.85. The van der Waals surface area contributed by atoms with Crippen molar-refractivity contribution in [3.63, 3.8) is 0 Å². The molecule has 1 aliphatic rings. The number of esters is 1. The molecule has 0 aromatic heterocycles. The number of allylic oxidation sites excluding steroid dienone is 14. The number of aliphatic hydroxyl groups excluding tert-OH is 5. The first-order valence-corrected chi connectivity index (χ1v) is 26.9. The molecule has 0 aromatic rings. The quantitative estimate of drug-likeness (QED) is 0.0147. The Morgan fingerprint density at radius 2 is 0.894 bits per heavy atom. The molecule has 1 fully saturated rings. The second kappa shape index (κ2) is 42.6. The summed E-state index contributed by atoms with van der Waals surface area (Å²) in [5.74, 6) is -0.496. The smallest absolute Gasteiger partial charge is 0.457 e. The Balaban J connectivity index is 2.37. The zero-order valence-electron chi connectivity index (χ0n) is 40.7. The summed E-state index contributed by atoms with van der Waals surface area (Å²) >= 11 is 0. The van der Waals surface area contributed by atoms with Gasteiger partial charge in [-0.3, -0.25) is 13.8 Å². The highest BCUT2D eigenvalue weighted by atomic mass is 31.2. The number of unbranched alkanes of at least 4 members (excludes halogenated alkanes) is 16. The predicted octanol–water partition coefficient (Wildman–Crippen LogP) is 11.3. The first kappa shape index (κ1) is 61.5. The van der Waals surface area contributed by atoms with Gasteiger partial charge in [0.25, 0.3) is 0 Å². The number of phosphoric ester groups is 1. The molecule has 0 amide bonds. The van der Waals surface area contributed by atoms with Gasteiger partial charge in [0.1, 0.15) is 42.7 Å². The molecule has 380 valence electrons. The fraction of sp³-hybridized carbons (Fsp3) is 0.717. The maximum atomic E-state index is 12.8. The van der Waals surface area contributed by atoms with Crippen molar-refractivity contribution in [1.29, 1.82) is 0 Å². The Hall–Kier alpha value is -2.48. The van der Waals surface area contributed by atoms with E-state index < -0.39 is 63.1 Å². The summed E-state index contributed by atoms with van der Waals surface area (Å²) in [6.07, 6.45) is 45.0. The molecule has 12 nitrogen and oxygen atoms in total. The van der Waals surface area contributed by atoms with Crippen molar-refractivity contribution in [3.05, 3.63) is 85.1 Å². The van der Waals surface area contributed by atoms with Gasteiger partial charge in [0.2, 0.25) is 0 Å². The van der Waals surface area contributed by atoms with E-state index in [4.69, 9.17) is 18.5 Å². The van der Waals surface area contributed by atoms with E-state index in [1.165, 1.54) is 38.5 Å². The highest BCUT2D eigenvalue weighted by molar-refractivity contribution is 7.47. The van der Waals surface area contributed by atoms with Crippen molar-refractivity contribution < 1.29 is 58.3 Å². The Morgan fingerprint density at radius 3 is 1.38 bits per heavy atom. The maximum absolute atomic E-state index is 12.8. The van der Waals surface area contributed by atoms with Crippen molar-refractivity contribution in [3.8, 4) is 0 Å². The fourth-order valence-electron chi connectivity index (χ4n) is 7.24. The van der Waals surface area contributed by atoms with E-state index >= 15 is 0 Å². The van der Waals surface area contributed by atoms with Crippen LogP contribution >= 0.6 is 7.82 Å². The van der Waals surface area contributed by atoms with Crippen LogP contribution in [0.15, 0.2) is 85.1 Å². The molecule has 1 aliphatic carbocycles. The summed E-state index contributed by atoms with van der Waals surface area (Å²) in [4.78, 5) is 23.2. The van der Waals surface area contributed by atoms with Gasteiger partial charge in [0, 0.05) is 13.0 Å². The average molecular weight is 951 g/mol. The number of hydrogen-bond acceptors (Lipinski definition) is 11. The van der Waals surface area contributed by atoms with Crippen molar-refractivity contribution in [2.45, 2.75) is 224 Å². The molecule has 6 unspecified atom stereocenters. The lowest BCUT2D eigenvalue weighted by Gasteiger charge is -2.41. The van der Waals surface area contributed by atoms with Crippen LogP contribution in [-0.4, -0.2) is 98.9 Å². The number of phosphoric acid groups is 1. The van der Waals surface area contributed by atoms with Crippen LogP contribution in [0, 0.1) is 0 Å². The standard InChI is InChI=1S/C53H91O12P/c1-3-5-7-9-11-13-15-17-19-20-21-22-23-24-25-26-27-29-31-33-35-37-39-41-43-62-44-46(45-63-66(60,61)65-53-51(58)49(56)48(55)50(57)52(53)59)64-47(54)42-40-38-36-34-32-30-28-18-16-14-12-10-8-6-4-2/h5,7,11,13,17-19,21-22,24-25,27-29,46,48-53,55-59H,3-4,6,8-10,12,14-16,20,23,26,30-45H2,1-2H3,(H,60,61)/b7-5-,13-11-,19-17-,22-21-,25-24-,28-18-,29-27-. The summed E-state index contributed by atoms with van der Waals surface area (Å²) in [5.41, 5.74) is 0. The Bertz CT molecular complexity index is 1410. The van der Waals surface area contributed by atoms with Crippen LogP contribution in [0.3, 0.4) is 0 Å². The molecule has 66 heavy (non-hydrogen) atoms. The number of hydrogen-bond donors (Lipinski definition) is 6. The minimum atomic E-state index is -5.03. The molecule has 6 atom stereocenters. The number of ether oxygens (including phenoxy) is 2. The summed E-state index contributed by atoms with van der Waals surface area (Å²) in [7, 11) is -5.03. The molecule has 0 heterocycles. The van der Waals surface area contributed by atoms with Crippen LogP contribution in [0.2, 0.25) is 0 Å². The Labute approximate surface area is 399 Å². The normalized spacial score (nSPS) is 22.1. The van der Waals surface area contributed by atoms with Crippen molar-refractivity contribution in [2.75, 3.05) is 19.8 Å². The maximum Gasteiger partial charge on any atom is 0.472 e. The van der Waals surface area contributed by atoms with Crippen molar-refractivity contribution in [2.24, 2.45) is 0 Å². The Kier molecular flexibility index (Phi) is 39.7. The van der Waals surface area contributed by atoms with Gasteiger partial charge in [-0.15, -0.1) is 0 Å². The van der Waals surface area contributed by atoms with Gasteiger partial charge in [-0.05, 0) is 89.9 Å². The van der Waals surface area contributed by atoms with E-state index in [-0.39, 0.29) is 13.0 Å². The van der Waals surface area contributed by atoms with Crippen LogP contribution in [-0.2, 0) is 27.9 Å². The molecule has 0 bridgehead atoms. The van der Waals surface area contributed by atoms with Gasteiger partial charge in [-0.2, -0.15) is 0 Å². The number of aliphatic hydroxyl groups is 5. The SMILES string of the molecule is CC/C=C\C/C=C\C/C=C\C/C=C\C/C=C\C/C=C\CCCCCCCOCC(COP(=O)(O)OC1C(O)C(O)C(O)C(O)C1O)OC(=O)CCCCCCC/C=C\CCCCCCCC. The molecule has 0 spiro atoms. The van der Waals surface area contributed by atoms with E-state index in [9.17, 15) is 39.8 Å². The number of rotatable bonds is 42. The lowest BCUT2D eigenvalue weighted by molar-refractivity contribution is -0.220. The molecule has 13 heteroatoms. The molecule has 1 rings (SSSR count). The molecule has 6 N–H and O–H groups in total. The Morgan fingerprint density at radius 1 is 0.500 bits per heavy atom. The molecule has 1 saturated carbocycles. The third-order valence-corrected chi connectivity index (χ3v) is 12.2. The second-order valence-corrected chi connectivity index (χ2v) is 18.7. The van der Waals surface area contributed by atoms with Crippen LogP contribution in [0.25, 0.3) is 0 Å². The first-order valence-electron chi connectivity index (χ1n) is 25.4. The van der Waals surface area contributed by atoms with Gasteiger partial charge < -0.3 is 39.9 Å². The van der Waals surface area contributed by atoms with Gasteiger partial charge in [-0.1, -0.05) is 170 Å². The average Bonchev–Trinajstić information content (AvgIpc) is 3.30. The topological polar surface area (TPSA) is 192 Å². The lowest BCUT2D eigenvalue weighted by Crippen LogP contribution is -2.64. The second-order valence-electron chi connectivity index (χ2n) is 17.3. The summed E-state index contributed by atoms with van der Waals surface area (Å²) in [5, 5.41) is 50.3. The van der Waals surface area contributed by atoms with E-state index in [1.807, 2.05) is 0 Å². The molecular formula is C53H91O12P. The van der Waals surface area contributed by atoms with Gasteiger partial charge in [0.15, 0.2) is 0 Å². The summed E-state index contributed by atoms with van der Waals surface area (Å²) in [6, 6.07) is 0. The minimum Gasteiger partial charge on any atom is -0.457 e. The van der Waals surface area contributed by atoms with Gasteiger partial charge in [0.05, 0.1) is 13.2 Å². The van der Waals surface area contributed by atoms with Crippen molar-refractivity contribution in [1.82, 2.24) is 0 Å². The van der Waals surface area contributed by atoms with Crippen LogP contribution in [0.4, 0.5) is 0 Å². The van der Waals surface area contributed by atoms with Gasteiger partial charge in [-0.25, -0.2) is 4.57 Å². The molecule has 0 radical (unpaired) electrons. The number of carbonyl (C=O) groups excluding carboxylic acids is 1. The van der Waals surface area contributed by atoms with Crippen LogP contribution in [0.1, 0.15) is 181 Å². The third-order valence-electron chi connectivity index (χ3n) is 11.3. The monoisotopic (exact) mass is 951 g/mol. The zero-order valence-corrected chi connectivity index (χ0v) is 41.6. The predicted molar refractivity (Wildman–Crippen MR) is 267 cm³/mol. The first-order chi connectivity index (χ1) is 32.0. The molecular weight excluding hydrogens is 860 g/mol. The summed E-state index contributed by atoms with van der Waals surface area (Å²) in [6.45, 7) is 4.08. The zero-order chi connectivity index (χ0) is 48.4. The minimum absolute atomic E-state index is 0.0981. The largest absolute Gasteiger partial charge is 0.472 e. The number of carbonyl (C=O) groups is 1. The molecule has 0 aromatic carbocycles. The van der Waals surface area contributed by atoms with Crippen LogP contribution < -0.4 is 0 Å². The van der Waals surface area contributed by atoms with E-state index in [0.717, 1.165) is 116 Å². The third kappa shape index (κ3) is 33.9. The van der Waals surface area contributed by atoms with Gasteiger partial charge >= 0.3 is 13.8 Å². The van der Waals surface area contributed by atoms with E-state index in [2.05, 4.69) is 98.9 Å². The van der Waals surface area contributed by atoms with E-state index in [1.54, 1.807) is 0 Å². The highest BCUT2D eigenvalue weighted by Gasteiger charge is 2.51. The van der Waals surface area contributed by atoms with Crippen molar-refractivity contribution >= 4 is 13.8 Å². The highest BCUT2D eigenvalue weighted by Crippen LogP contribution is 2.47.